The Morgan fingerprint density at radius 1 is 1.32 bits per heavy atom. The van der Waals surface area contributed by atoms with Gasteiger partial charge in [-0.15, -0.1) is 11.3 Å². The summed E-state index contributed by atoms with van der Waals surface area (Å²) in [5.41, 5.74) is 2.21. The maximum Gasteiger partial charge on any atom is 0.271 e. The fraction of sp³-hybridized carbons (Fsp3) is 0.333. The molecule has 10 heteroatoms. The number of carbonyl (C=O) groups excluding carboxylic acids is 1. The molecular weight excluding hydrogens is 412 g/mol. The van der Waals surface area contributed by atoms with E-state index in [0.29, 0.717) is 29.9 Å². The van der Waals surface area contributed by atoms with Gasteiger partial charge in [-0.25, -0.2) is 15.0 Å². The number of carbonyl (C=O) groups is 1. The molecule has 158 valence electrons. The first-order valence-electron chi connectivity index (χ1n) is 10.0. The number of anilines is 2. The van der Waals surface area contributed by atoms with Crippen molar-refractivity contribution < 1.29 is 4.79 Å². The van der Waals surface area contributed by atoms with Crippen molar-refractivity contribution in [3.63, 3.8) is 0 Å². The van der Waals surface area contributed by atoms with E-state index in [1.165, 1.54) is 11.3 Å². The van der Waals surface area contributed by atoms with Gasteiger partial charge in [-0.3, -0.25) is 14.7 Å². The van der Waals surface area contributed by atoms with Crippen LogP contribution >= 0.6 is 11.3 Å². The molecule has 0 aromatic carbocycles. The van der Waals surface area contributed by atoms with Crippen molar-refractivity contribution in [2.45, 2.75) is 25.3 Å². The van der Waals surface area contributed by atoms with Gasteiger partial charge in [0.15, 0.2) is 5.13 Å². The van der Waals surface area contributed by atoms with Crippen LogP contribution in [0.4, 0.5) is 11.1 Å². The molecular formula is C21H22N8OS. The van der Waals surface area contributed by atoms with E-state index in [-0.39, 0.29) is 11.8 Å². The zero-order valence-corrected chi connectivity index (χ0v) is 17.7. The molecule has 9 nitrogen and oxygen atoms in total. The van der Waals surface area contributed by atoms with E-state index >= 15 is 0 Å². The summed E-state index contributed by atoms with van der Waals surface area (Å²) >= 11 is 1.32. The Morgan fingerprint density at radius 3 is 3.10 bits per heavy atom. The molecule has 4 heterocycles. The molecule has 1 aliphatic rings. The number of nitriles is 1. The van der Waals surface area contributed by atoms with Gasteiger partial charge in [-0.2, -0.15) is 5.26 Å². The first-order chi connectivity index (χ1) is 15.2. The van der Waals surface area contributed by atoms with Gasteiger partial charge in [0, 0.05) is 43.0 Å². The van der Waals surface area contributed by atoms with Gasteiger partial charge < -0.3 is 10.6 Å². The topological polar surface area (TPSA) is 120 Å². The van der Waals surface area contributed by atoms with E-state index in [2.05, 4.69) is 41.5 Å². The Kier molecular flexibility index (Phi) is 6.76. The number of pyridine rings is 1. The molecule has 0 aliphatic carbocycles. The smallest absolute Gasteiger partial charge is 0.271 e. The average Bonchev–Trinajstić information content (AvgIpc) is 3.27. The Hall–Kier alpha value is -3.42. The highest BCUT2D eigenvalue weighted by Gasteiger charge is 2.22. The highest BCUT2D eigenvalue weighted by molar-refractivity contribution is 7.14. The van der Waals surface area contributed by atoms with Crippen LogP contribution in [0.1, 0.15) is 40.5 Å². The van der Waals surface area contributed by atoms with Gasteiger partial charge in [-0.1, -0.05) is 6.07 Å². The minimum atomic E-state index is -0.248. The van der Waals surface area contributed by atoms with E-state index in [1.54, 1.807) is 24.0 Å². The summed E-state index contributed by atoms with van der Waals surface area (Å²) in [5, 5.41) is 17.1. The van der Waals surface area contributed by atoms with E-state index in [9.17, 15) is 4.79 Å². The van der Waals surface area contributed by atoms with Crippen LogP contribution in [0.5, 0.6) is 0 Å². The number of likely N-dealkylation sites (tertiary alicyclic amines) is 1. The minimum absolute atomic E-state index is 0.248. The van der Waals surface area contributed by atoms with E-state index in [1.807, 2.05) is 18.2 Å². The number of aromatic nitrogens is 4. The third kappa shape index (κ3) is 5.59. The Balaban J connectivity index is 1.37. The number of nitrogens with zero attached hydrogens (tertiary/aromatic N) is 6. The van der Waals surface area contributed by atoms with E-state index < -0.39 is 0 Å². The summed E-state index contributed by atoms with van der Waals surface area (Å²) in [6, 6.07) is 7.87. The minimum Gasteiger partial charge on any atom is -0.347 e. The Morgan fingerprint density at radius 2 is 2.26 bits per heavy atom. The van der Waals surface area contributed by atoms with E-state index in [4.69, 9.17) is 5.26 Å². The van der Waals surface area contributed by atoms with Crippen LogP contribution in [0.2, 0.25) is 0 Å². The fourth-order valence-corrected chi connectivity index (χ4v) is 4.19. The SMILES string of the molecule is N#CCN1CCC[C@H](c2ccnc(Nc3nc(C(=O)NCc4cccnc4)cs3)n2)C1. The summed E-state index contributed by atoms with van der Waals surface area (Å²) in [6.45, 7) is 2.60. The molecule has 1 aliphatic heterocycles. The van der Waals surface area contributed by atoms with Crippen molar-refractivity contribution in [1.29, 1.82) is 5.26 Å². The summed E-state index contributed by atoms with van der Waals surface area (Å²) < 4.78 is 0. The summed E-state index contributed by atoms with van der Waals surface area (Å²) in [7, 11) is 0. The lowest BCUT2D eigenvalue weighted by atomic mass is 9.94. The number of hydrogen-bond acceptors (Lipinski definition) is 9. The van der Waals surface area contributed by atoms with Crippen LogP contribution < -0.4 is 10.6 Å². The normalized spacial score (nSPS) is 16.4. The molecule has 0 saturated carbocycles. The molecule has 4 rings (SSSR count). The first-order valence-corrected chi connectivity index (χ1v) is 10.9. The van der Waals surface area contributed by atoms with Crippen molar-refractivity contribution in [2.75, 3.05) is 25.0 Å². The molecule has 3 aromatic rings. The second kappa shape index (κ2) is 10.1. The molecule has 1 saturated heterocycles. The predicted octanol–water partition coefficient (Wildman–Crippen LogP) is 2.70. The maximum absolute atomic E-state index is 12.4. The highest BCUT2D eigenvalue weighted by Crippen LogP contribution is 2.26. The van der Waals surface area contributed by atoms with Crippen LogP contribution in [0.15, 0.2) is 42.2 Å². The molecule has 1 atom stereocenters. The first kappa shape index (κ1) is 20.8. The van der Waals surface area contributed by atoms with Crippen molar-refractivity contribution >= 4 is 28.3 Å². The average molecular weight is 435 g/mol. The third-order valence-electron chi connectivity index (χ3n) is 5.03. The van der Waals surface area contributed by atoms with Gasteiger partial charge in [0.1, 0.15) is 5.69 Å². The largest absolute Gasteiger partial charge is 0.347 e. The van der Waals surface area contributed by atoms with Gasteiger partial charge >= 0.3 is 0 Å². The van der Waals surface area contributed by atoms with Crippen LogP contribution in [0.3, 0.4) is 0 Å². The zero-order chi connectivity index (χ0) is 21.5. The second-order valence-corrected chi connectivity index (χ2v) is 8.10. The number of rotatable bonds is 7. The van der Waals surface area contributed by atoms with E-state index in [0.717, 1.165) is 37.2 Å². The molecule has 31 heavy (non-hydrogen) atoms. The molecule has 0 bridgehead atoms. The van der Waals surface area contributed by atoms with Crippen molar-refractivity contribution in [1.82, 2.24) is 30.2 Å². The molecule has 0 unspecified atom stereocenters. The monoisotopic (exact) mass is 434 g/mol. The number of thiazole rings is 1. The number of hydrogen-bond donors (Lipinski definition) is 2. The fourth-order valence-electron chi connectivity index (χ4n) is 3.51. The third-order valence-corrected chi connectivity index (χ3v) is 5.78. The van der Waals surface area contributed by atoms with Crippen LogP contribution in [0.25, 0.3) is 0 Å². The zero-order valence-electron chi connectivity index (χ0n) is 16.9. The van der Waals surface area contributed by atoms with Gasteiger partial charge in [-0.05, 0) is 37.1 Å². The van der Waals surface area contributed by atoms with Gasteiger partial charge in [0.05, 0.1) is 18.3 Å². The lowest BCUT2D eigenvalue weighted by Gasteiger charge is -2.30. The van der Waals surface area contributed by atoms with Gasteiger partial charge in [0.2, 0.25) is 5.95 Å². The lowest BCUT2D eigenvalue weighted by molar-refractivity contribution is 0.0946. The summed E-state index contributed by atoms with van der Waals surface area (Å²) in [6.07, 6.45) is 7.21. The predicted molar refractivity (Wildman–Crippen MR) is 117 cm³/mol. The number of piperidine rings is 1. The molecule has 2 N–H and O–H groups in total. The molecule has 3 aromatic heterocycles. The highest BCUT2D eigenvalue weighted by atomic mass is 32.1. The summed E-state index contributed by atoms with van der Waals surface area (Å²) in [4.78, 5) is 31.8. The van der Waals surface area contributed by atoms with Gasteiger partial charge in [0.25, 0.3) is 5.91 Å². The van der Waals surface area contributed by atoms with Crippen LogP contribution in [0, 0.1) is 11.3 Å². The van der Waals surface area contributed by atoms with Crippen LogP contribution in [-0.2, 0) is 6.54 Å². The van der Waals surface area contributed by atoms with Crippen LogP contribution in [-0.4, -0.2) is 50.4 Å². The standard InChI is InChI=1S/C21H22N8OS/c22-6-10-29-9-2-4-16(13-29)17-5-8-24-20(26-17)28-21-27-18(14-31-21)19(30)25-12-15-3-1-7-23-11-15/h1,3,5,7-8,11,14,16H,2,4,9-10,12-13H2,(H,25,30)(H,24,26,27,28)/t16-/m0/s1. The molecule has 1 amide bonds. The number of amides is 1. The van der Waals surface area contributed by atoms with Crippen molar-refractivity contribution in [2.24, 2.45) is 0 Å². The molecule has 0 radical (unpaired) electrons. The Labute approximate surface area is 184 Å². The summed E-state index contributed by atoms with van der Waals surface area (Å²) in [5.74, 6) is 0.477. The van der Waals surface area contributed by atoms with Crippen molar-refractivity contribution in [3.8, 4) is 6.07 Å². The molecule has 0 spiro atoms. The quantitative estimate of drug-likeness (QED) is 0.545. The molecule has 1 fully saturated rings. The lowest BCUT2D eigenvalue weighted by Crippen LogP contribution is -2.34. The maximum atomic E-state index is 12.4. The Bertz CT molecular complexity index is 1060. The second-order valence-electron chi connectivity index (χ2n) is 7.24. The number of nitrogens with one attached hydrogen (secondary N) is 2. The van der Waals surface area contributed by atoms with Crippen molar-refractivity contribution in [3.05, 3.63) is 59.1 Å².